The summed E-state index contributed by atoms with van der Waals surface area (Å²) in [6.45, 7) is 1.82. The van der Waals surface area contributed by atoms with Gasteiger partial charge in [0.2, 0.25) is 5.95 Å². The molecule has 2 rings (SSSR count). The van der Waals surface area contributed by atoms with E-state index in [0.29, 0.717) is 17.4 Å². The normalized spacial score (nSPS) is 9.84. The van der Waals surface area contributed by atoms with Gasteiger partial charge in [0, 0.05) is 20.2 Å². The van der Waals surface area contributed by atoms with Gasteiger partial charge in [0.15, 0.2) is 11.5 Å². The van der Waals surface area contributed by atoms with E-state index in [1.165, 1.54) is 6.07 Å². The number of aromatic nitrogens is 2. The van der Waals surface area contributed by atoms with Gasteiger partial charge in [-0.3, -0.25) is 0 Å². The van der Waals surface area contributed by atoms with Crippen LogP contribution in [0.1, 0.15) is 16.2 Å². The Kier molecular flexibility index (Phi) is 4.76. The SMILES string of the molecule is Cc1ccc(-c2cc(C(=O)O)nc(N(C)C)n2)o1.[LiH]. The summed E-state index contributed by atoms with van der Waals surface area (Å²) in [4.78, 5) is 20.9. The Labute approximate surface area is 122 Å². The quantitative estimate of drug-likeness (QED) is 0.829. The van der Waals surface area contributed by atoms with Crippen LogP contribution in [0.3, 0.4) is 0 Å². The first-order valence-corrected chi connectivity index (χ1v) is 5.34. The molecule has 0 aliphatic carbocycles. The number of carboxylic acid groups (broad SMARTS) is 1. The number of rotatable bonds is 3. The fourth-order valence-electron chi connectivity index (χ4n) is 1.44. The second-order valence-corrected chi connectivity index (χ2v) is 4.05. The zero-order valence-corrected chi connectivity index (χ0v) is 10.3. The Morgan fingerprint density at radius 2 is 2.00 bits per heavy atom. The van der Waals surface area contributed by atoms with Crippen LogP contribution in [-0.4, -0.2) is 54.0 Å². The van der Waals surface area contributed by atoms with Crippen LogP contribution >= 0.6 is 0 Å². The van der Waals surface area contributed by atoms with Crippen molar-refractivity contribution in [3.63, 3.8) is 0 Å². The molecule has 0 unspecified atom stereocenters. The number of carboxylic acids is 1. The molecule has 7 heteroatoms. The summed E-state index contributed by atoms with van der Waals surface area (Å²) in [5, 5.41) is 9.03. The van der Waals surface area contributed by atoms with Crippen LogP contribution in [0.25, 0.3) is 11.5 Å². The summed E-state index contributed by atoms with van der Waals surface area (Å²) in [5.74, 6) is 0.511. The van der Waals surface area contributed by atoms with Gasteiger partial charge in [-0.1, -0.05) is 0 Å². The molecular formula is C12H14LiN3O3. The number of hydrogen-bond acceptors (Lipinski definition) is 5. The Hall–Kier alpha value is -1.77. The standard InChI is InChI=1S/C12H13N3O3.Li.H/c1-7-4-5-10(18-7)8-6-9(11(16)17)14-12(13-8)15(2)3;;/h4-6H,1-3H3,(H,16,17);;. The molecule has 0 saturated carbocycles. The van der Waals surface area contributed by atoms with Gasteiger partial charge in [-0.2, -0.15) is 0 Å². The Morgan fingerprint density at radius 3 is 2.47 bits per heavy atom. The van der Waals surface area contributed by atoms with Gasteiger partial charge in [0.05, 0.1) is 0 Å². The summed E-state index contributed by atoms with van der Waals surface area (Å²) in [6, 6.07) is 4.95. The van der Waals surface area contributed by atoms with Gasteiger partial charge < -0.3 is 14.4 Å². The van der Waals surface area contributed by atoms with Crippen molar-refractivity contribution >= 4 is 30.8 Å². The average molecular weight is 255 g/mol. The van der Waals surface area contributed by atoms with Crippen LogP contribution in [0.4, 0.5) is 5.95 Å². The monoisotopic (exact) mass is 255 g/mol. The molecule has 0 aromatic carbocycles. The van der Waals surface area contributed by atoms with E-state index in [1.807, 2.05) is 6.92 Å². The van der Waals surface area contributed by atoms with E-state index >= 15 is 0 Å². The Balaban J connectivity index is 0.00000180. The van der Waals surface area contributed by atoms with Crippen molar-refractivity contribution in [3.05, 3.63) is 29.7 Å². The number of carbonyl (C=O) groups is 1. The minimum absolute atomic E-state index is 0. The molecule has 0 aliphatic rings. The maximum atomic E-state index is 11.0. The second-order valence-electron chi connectivity index (χ2n) is 4.05. The fourth-order valence-corrected chi connectivity index (χ4v) is 1.44. The van der Waals surface area contributed by atoms with Gasteiger partial charge >= 0.3 is 24.8 Å². The van der Waals surface area contributed by atoms with Crippen molar-refractivity contribution in [2.24, 2.45) is 0 Å². The van der Waals surface area contributed by atoms with Gasteiger partial charge in [0.25, 0.3) is 0 Å². The van der Waals surface area contributed by atoms with Crippen molar-refractivity contribution in [1.82, 2.24) is 9.97 Å². The molecule has 0 saturated heterocycles. The maximum absolute atomic E-state index is 11.0. The van der Waals surface area contributed by atoms with E-state index in [9.17, 15) is 4.79 Å². The van der Waals surface area contributed by atoms with Crippen LogP contribution in [0.2, 0.25) is 0 Å². The van der Waals surface area contributed by atoms with Gasteiger partial charge in [0.1, 0.15) is 11.5 Å². The first-order valence-electron chi connectivity index (χ1n) is 5.34. The van der Waals surface area contributed by atoms with E-state index in [4.69, 9.17) is 9.52 Å². The topological polar surface area (TPSA) is 79.5 Å². The number of aryl methyl sites for hydroxylation is 1. The van der Waals surface area contributed by atoms with Crippen molar-refractivity contribution in [1.29, 1.82) is 0 Å². The molecule has 0 spiro atoms. The van der Waals surface area contributed by atoms with Crippen molar-refractivity contribution in [3.8, 4) is 11.5 Å². The number of aromatic carboxylic acids is 1. The van der Waals surface area contributed by atoms with Crippen LogP contribution in [0, 0.1) is 6.92 Å². The molecule has 2 aromatic rings. The van der Waals surface area contributed by atoms with E-state index in [2.05, 4.69) is 9.97 Å². The summed E-state index contributed by atoms with van der Waals surface area (Å²) in [7, 11) is 3.50. The predicted molar refractivity (Wildman–Crippen MR) is 72.9 cm³/mol. The number of nitrogens with zero attached hydrogens (tertiary/aromatic N) is 3. The Bertz CT molecular complexity index is 596. The Morgan fingerprint density at radius 1 is 1.32 bits per heavy atom. The third-order valence-corrected chi connectivity index (χ3v) is 2.33. The molecule has 0 amide bonds. The van der Waals surface area contributed by atoms with Gasteiger partial charge in [-0.15, -0.1) is 0 Å². The van der Waals surface area contributed by atoms with Gasteiger partial charge in [-0.25, -0.2) is 14.8 Å². The average Bonchev–Trinajstić information content (AvgIpc) is 2.75. The summed E-state index contributed by atoms with van der Waals surface area (Å²) in [6.07, 6.45) is 0. The van der Waals surface area contributed by atoms with Crippen LogP contribution in [0.15, 0.2) is 22.6 Å². The zero-order chi connectivity index (χ0) is 13.3. The molecule has 1 N–H and O–H groups in total. The summed E-state index contributed by atoms with van der Waals surface area (Å²) < 4.78 is 5.44. The van der Waals surface area contributed by atoms with Crippen molar-refractivity contribution in [2.75, 3.05) is 19.0 Å². The summed E-state index contributed by atoms with van der Waals surface area (Å²) >= 11 is 0. The third kappa shape index (κ3) is 3.37. The fraction of sp³-hybridized carbons (Fsp3) is 0.250. The van der Waals surface area contributed by atoms with Gasteiger partial charge in [-0.05, 0) is 19.1 Å². The van der Waals surface area contributed by atoms with Crippen LogP contribution in [0.5, 0.6) is 0 Å². The molecule has 0 aliphatic heterocycles. The molecule has 19 heavy (non-hydrogen) atoms. The molecule has 0 bridgehead atoms. The molecule has 96 valence electrons. The first kappa shape index (κ1) is 15.3. The van der Waals surface area contributed by atoms with Crippen molar-refractivity contribution in [2.45, 2.75) is 6.92 Å². The van der Waals surface area contributed by atoms with Crippen molar-refractivity contribution < 1.29 is 14.3 Å². The first-order chi connectivity index (χ1) is 8.47. The van der Waals surface area contributed by atoms with E-state index in [1.54, 1.807) is 31.1 Å². The number of anilines is 1. The molecular weight excluding hydrogens is 241 g/mol. The number of furan rings is 1. The molecule has 2 heterocycles. The molecule has 0 atom stereocenters. The molecule has 2 aromatic heterocycles. The third-order valence-electron chi connectivity index (χ3n) is 2.33. The van der Waals surface area contributed by atoms with Crippen LogP contribution in [-0.2, 0) is 0 Å². The zero-order valence-electron chi connectivity index (χ0n) is 10.3. The van der Waals surface area contributed by atoms with E-state index in [-0.39, 0.29) is 24.6 Å². The second kappa shape index (κ2) is 5.91. The molecule has 6 nitrogen and oxygen atoms in total. The minimum atomic E-state index is -1.09. The van der Waals surface area contributed by atoms with Crippen LogP contribution < -0.4 is 4.90 Å². The molecule has 0 radical (unpaired) electrons. The summed E-state index contributed by atoms with van der Waals surface area (Å²) in [5.41, 5.74) is 0.400. The number of hydrogen-bond donors (Lipinski definition) is 1. The molecule has 0 fully saturated rings. The van der Waals surface area contributed by atoms with E-state index < -0.39 is 5.97 Å². The van der Waals surface area contributed by atoms with E-state index in [0.717, 1.165) is 5.76 Å². The predicted octanol–water partition coefficient (Wildman–Crippen LogP) is 1.16.